The van der Waals surface area contributed by atoms with Gasteiger partial charge in [0.1, 0.15) is 11.8 Å². The normalized spacial score (nSPS) is 24.7. The molecule has 7 nitrogen and oxygen atoms in total. The van der Waals surface area contributed by atoms with Gasteiger partial charge in [-0.3, -0.25) is 19.1 Å². The summed E-state index contributed by atoms with van der Waals surface area (Å²) in [6.45, 7) is 4.50. The number of amides is 2. The second-order valence-electron chi connectivity index (χ2n) is 9.28. The van der Waals surface area contributed by atoms with Gasteiger partial charge in [-0.25, -0.2) is 4.98 Å². The molecule has 4 atom stereocenters. The number of carbonyl (C=O) groups excluding carboxylic acids is 2. The zero-order valence-corrected chi connectivity index (χ0v) is 19.3. The lowest BCUT2D eigenvalue weighted by Crippen LogP contribution is -2.47. The van der Waals surface area contributed by atoms with Gasteiger partial charge in [0.15, 0.2) is 0 Å². The number of carbonyl (C=O) groups is 2. The summed E-state index contributed by atoms with van der Waals surface area (Å²) in [6, 6.07) is 14.6. The minimum atomic E-state index is -0.619. The van der Waals surface area contributed by atoms with Gasteiger partial charge in [-0.2, -0.15) is 0 Å². The van der Waals surface area contributed by atoms with Crippen LogP contribution in [0.15, 0.2) is 48.5 Å². The first-order chi connectivity index (χ1) is 16.0. The molecule has 1 aromatic heterocycles. The number of nitrogens with one attached hydrogen (secondary N) is 1. The minimum Gasteiger partial charge on any atom is -0.495 e. The maximum atomic E-state index is 13.8. The lowest BCUT2D eigenvalue weighted by atomic mass is 9.77. The molecule has 2 amide bonds. The molecular formula is C26H30N4O3. The SMILES string of the molecule is COc1ccccc1NC(=O)C[C@@H]1C(=O)N([C@@H]2CCC[C@@H](C)[C@H]2C)c2nc3ccccc3n21. The molecule has 172 valence electrons. The molecule has 1 saturated carbocycles. The van der Waals surface area contributed by atoms with Gasteiger partial charge in [0.05, 0.1) is 30.3 Å². The van der Waals surface area contributed by atoms with Crippen LogP contribution in [0.2, 0.25) is 0 Å². The molecule has 5 rings (SSSR count). The van der Waals surface area contributed by atoms with Crippen LogP contribution in [0.5, 0.6) is 5.75 Å². The zero-order chi connectivity index (χ0) is 23.1. The molecule has 0 radical (unpaired) electrons. The van der Waals surface area contributed by atoms with Gasteiger partial charge in [-0.1, -0.05) is 51.0 Å². The second-order valence-corrected chi connectivity index (χ2v) is 9.28. The van der Waals surface area contributed by atoms with Crippen molar-refractivity contribution >= 4 is 34.5 Å². The van der Waals surface area contributed by atoms with Gasteiger partial charge in [-0.15, -0.1) is 0 Å². The van der Waals surface area contributed by atoms with E-state index in [4.69, 9.17) is 9.72 Å². The third-order valence-corrected chi connectivity index (χ3v) is 7.38. The fraction of sp³-hybridized carbons (Fsp3) is 0.423. The standard InChI is InChI=1S/C26H30N4O3/c1-16-9-8-13-20(17(16)2)30-25(32)22(29-21-12-6-4-10-18(21)28-26(29)30)15-24(31)27-19-11-5-7-14-23(19)33-3/h4-7,10-12,14,16-17,20,22H,8-9,13,15H2,1-3H3,(H,27,31)/t16-,17-,20-,22-/m1/s1. The van der Waals surface area contributed by atoms with E-state index < -0.39 is 6.04 Å². The Morgan fingerprint density at radius 1 is 1.12 bits per heavy atom. The van der Waals surface area contributed by atoms with Gasteiger partial charge >= 0.3 is 0 Å². The molecule has 7 heteroatoms. The van der Waals surface area contributed by atoms with E-state index >= 15 is 0 Å². The van der Waals surface area contributed by atoms with E-state index in [1.165, 1.54) is 6.42 Å². The van der Waals surface area contributed by atoms with Crippen LogP contribution >= 0.6 is 0 Å². The molecule has 0 bridgehead atoms. The molecule has 1 aliphatic carbocycles. The molecule has 1 N–H and O–H groups in total. The maximum absolute atomic E-state index is 13.8. The van der Waals surface area contributed by atoms with Crippen LogP contribution in [0, 0.1) is 11.8 Å². The smallest absolute Gasteiger partial charge is 0.253 e. The summed E-state index contributed by atoms with van der Waals surface area (Å²) in [7, 11) is 1.57. The van der Waals surface area contributed by atoms with Crippen LogP contribution in [0.1, 0.15) is 45.6 Å². The number of benzene rings is 2. The van der Waals surface area contributed by atoms with Crippen LogP contribution in [0.25, 0.3) is 11.0 Å². The van der Waals surface area contributed by atoms with E-state index in [1.807, 2.05) is 45.9 Å². The maximum Gasteiger partial charge on any atom is 0.253 e. The highest BCUT2D eigenvalue weighted by atomic mass is 16.5. The van der Waals surface area contributed by atoms with E-state index in [1.54, 1.807) is 19.2 Å². The van der Waals surface area contributed by atoms with Gasteiger partial charge < -0.3 is 10.1 Å². The van der Waals surface area contributed by atoms with Gasteiger partial charge in [0, 0.05) is 6.04 Å². The quantitative estimate of drug-likeness (QED) is 0.612. The van der Waals surface area contributed by atoms with Crippen LogP contribution in [0.4, 0.5) is 11.6 Å². The summed E-state index contributed by atoms with van der Waals surface area (Å²) in [5.74, 6) is 1.91. The third-order valence-electron chi connectivity index (χ3n) is 7.38. The van der Waals surface area contributed by atoms with Crippen LogP contribution in [-0.2, 0) is 9.59 Å². The molecular weight excluding hydrogens is 416 g/mol. The number of hydrogen-bond donors (Lipinski definition) is 1. The number of anilines is 2. The molecule has 3 aromatic rings. The monoisotopic (exact) mass is 446 g/mol. The Morgan fingerprint density at radius 2 is 1.88 bits per heavy atom. The van der Waals surface area contributed by atoms with E-state index in [0.29, 0.717) is 29.2 Å². The first-order valence-corrected chi connectivity index (χ1v) is 11.7. The molecule has 0 spiro atoms. The summed E-state index contributed by atoms with van der Waals surface area (Å²) in [6.07, 6.45) is 3.28. The van der Waals surface area contributed by atoms with Crippen molar-refractivity contribution in [3.05, 3.63) is 48.5 Å². The lowest BCUT2D eigenvalue weighted by molar-refractivity contribution is -0.125. The number of ether oxygens (including phenoxy) is 1. The summed E-state index contributed by atoms with van der Waals surface area (Å²) < 4.78 is 7.32. The number of hydrogen-bond acceptors (Lipinski definition) is 4. The number of fused-ring (bicyclic) bond motifs is 3. The van der Waals surface area contributed by atoms with Crippen LogP contribution in [0.3, 0.4) is 0 Å². The summed E-state index contributed by atoms with van der Waals surface area (Å²) in [5, 5.41) is 2.92. The number of para-hydroxylation sites is 4. The Kier molecular flexibility index (Phi) is 5.56. The predicted molar refractivity (Wildman–Crippen MR) is 128 cm³/mol. The van der Waals surface area contributed by atoms with Crippen molar-refractivity contribution < 1.29 is 14.3 Å². The molecule has 0 saturated heterocycles. The van der Waals surface area contributed by atoms with E-state index in [9.17, 15) is 9.59 Å². The highest BCUT2D eigenvalue weighted by Crippen LogP contribution is 2.42. The van der Waals surface area contributed by atoms with Crippen LogP contribution < -0.4 is 15.0 Å². The van der Waals surface area contributed by atoms with Gasteiger partial charge in [-0.05, 0) is 42.5 Å². The fourth-order valence-corrected chi connectivity index (χ4v) is 5.41. The summed E-state index contributed by atoms with van der Waals surface area (Å²) >= 11 is 0. The fourth-order valence-electron chi connectivity index (χ4n) is 5.41. The van der Waals surface area contributed by atoms with Crippen molar-refractivity contribution in [2.75, 3.05) is 17.3 Å². The number of imidazole rings is 1. The van der Waals surface area contributed by atoms with Crippen LogP contribution in [-0.4, -0.2) is 34.5 Å². The van der Waals surface area contributed by atoms with Crippen molar-refractivity contribution in [1.82, 2.24) is 9.55 Å². The Hall–Kier alpha value is -3.35. The molecule has 0 unspecified atom stereocenters. The second kappa shape index (κ2) is 8.54. The predicted octanol–water partition coefficient (Wildman–Crippen LogP) is 4.79. The minimum absolute atomic E-state index is 0.0376. The molecule has 2 heterocycles. The van der Waals surface area contributed by atoms with E-state index in [0.717, 1.165) is 23.9 Å². The zero-order valence-electron chi connectivity index (χ0n) is 19.3. The summed E-state index contributed by atoms with van der Waals surface area (Å²) in [5.41, 5.74) is 2.32. The summed E-state index contributed by atoms with van der Waals surface area (Å²) in [4.78, 5) is 33.6. The van der Waals surface area contributed by atoms with Crippen molar-refractivity contribution in [2.45, 2.75) is 51.6 Å². The Balaban J connectivity index is 1.49. The van der Waals surface area contributed by atoms with E-state index in [2.05, 4.69) is 19.2 Å². The average Bonchev–Trinajstić information content (AvgIpc) is 3.30. The number of rotatable bonds is 5. The number of aromatic nitrogens is 2. The highest BCUT2D eigenvalue weighted by molar-refractivity contribution is 6.05. The largest absolute Gasteiger partial charge is 0.495 e. The molecule has 2 aliphatic rings. The first-order valence-electron chi connectivity index (χ1n) is 11.7. The Morgan fingerprint density at radius 3 is 2.70 bits per heavy atom. The first kappa shape index (κ1) is 21.5. The van der Waals surface area contributed by atoms with E-state index in [-0.39, 0.29) is 24.3 Å². The Labute approximate surface area is 193 Å². The molecule has 1 fully saturated rings. The van der Waals surface area contributed by atoms with Crippen molar-refractivity contribution in [2.24, 2.45) is 11.8 Å². The molecule has 33 heavy (non-hydrogen) atoms. The average molecular weight is 447 g/mol. The number of methoxy groups -OCH3 is 1. The highest BCUT2D eigenvalue weighted by Gasteiger charge is 2.46. The third kappa shape index (κ3) is 3.65. The lowest BCUT2D eigenvalue weighted by Gasteiger charge is -2.39. The van der Waals surface area contributed by atoms with Crippen molar-refractivity contribution in [3.63, 3.8) is 0 Å². The Bertz CT molecular complexity index is 1200. The topological polar surface area (TPSA) is 76.5 Å². The van der Waals surface area contributed by atoms with Gasteiger partial charge in [0.2, 0.25) is 11.9 Å². The van der Waals surface area contributed by atoms with Gasteiger partial charge in [0.25, 0.3) is 5.91 Å². The molecule has 2 aromatic carbocycles. The molecule has 1 aliphatic heterocycles. The number of nitrogens with zero attached hydrogens (tertiary/aromatic N) is 3. The van der Waals surface area contributed by atoms with Crippen molar-refractivity contribution in [3.8, 4) is 5.75 Å². The van der Waals surface area contributed by atoms with Crippen molar-refractivity contribution in [1.29, 1.82) is 0 Å².